The van der Waals surface area contributed by atoms with Crippen molar-refractivity contribution in [3.05, 3.63) is 30.3 Å². The number of benzene rings is 1. The molecular weight excluding hydrogens is 394 g/mol. The molecule has 2 N–H and O–H groups in total. The van der Waals surface area contributed by atoms with Gasteiger partial charge in [0.1, 0.15) is 5.69 Å². The molecule has 1 aromatic heterocycles. The van der Waals surface area contributed by atoms with E-state index < -0.39 is 0 Å². The van der Waals surface area contributed by atoms with Crippen LogP contribution in [0.1, 0.15) is 0 Å². The molecule has 9 nitrogen and oxygen atoms in total. The number of rotatable bonds is 4. The number of nitrogen functional groups attached to an aromatic ring is 1. The molecule has 9 heteroatoms. The Bertz CT molecular complexity index is 822. The molecule has 0 bridgehead atoms. The number of aromatic nitrogens is 2. The minimum Gasteiger partial charge on any atom is -0.393 e. The van der Waals surface area contributed by atoms with Gasteiger partial charge in [0.25, 0.3) is 0 Å². The molecule has 0 spiro atoms. The fourth-order valence-electron chi connectivity index (χ4n) is 4.41. The molecule has 5 rings (SSSR count). The number of piperazine rings is 1. The summed E-state index contributed by atoms with van der Waals surface area (Å²) in [4.78, 5) is 19.1. The molecular formula is C22H31N7O2. The Labute approximate surface area is 183 Å². The lowest BCUT2D eigenvalue weighted by Gasteiger charge is -2.38. The van der Waals surface area contributed by atoms with E-state index in [-0.39, 0.29) is 0 Å². The predicted molar refractivity (Wildman–Crippen MR) is 123 cm³/mol. The van der Waals surface area contributed by atoms with Crippen molar-refractivity contribution in [1.82, 2.24) is 9.97 Å². The number of hydrogen-bond donors (Lipinski definition) is 1. The summed E-state index contributed by atoms with van der Waals surface area (Å²) in [6.07, 6.45) is 0. The second-order valence-electron chi connectivity index (χ2n) is 8.09. The van der Waals surface area contributed by atoms with E-state index in [4.69, 9.17) is 25.2 Å². The Morgan fingerprint density at radius 3 is 1.61 bits per heavy atom. The highest BCUT2D eigenvalue weighted by atomic mass is 16.5. The number of morpholine rings is 2. The molecule has 4 heterocycles. The fraction of sp³-hybridized carbons (Fsp3) is 0.545. The summed E-state index contributed by atoms with van der Waals surface area (Å²) in [6, 6.07) is 10.6. The van der Waals surface area contributed by atoms with Crippen molar-refractivity contribution in [3.63, 3.8) is 0 Å². The average molecular weight is 426 g/mol. The molecule has 0 radical (unpaired) electrons. The van der Waals surface area contributed by atoms with Crippen LogP contribution in [0.2, 0.25) is 0 Å². The largest absolute Gasteiger partial charge is 0.393 e. The van der Waals surface area contributed by atoms with E-state index in [0.29, 0.717) is 32.1 Å². The van der Waals surface area contributed by atoms with Crippen LogP contribution in [0.15, 0.2) is 30.3 Å². The molecule has 31 heavy (non-hydrogen) atoms. The van der Waals surface area contributed by atoms with Crippen LogP contribution >= 0.6 is 0 Å². The zero-order valence-corrected chi connectivity index (χ0v) is 17.9. The number of para-hydroxylation sites is 1. The van der Waals surface area contributed by atoms with Crippen molar-refractivity contribution in [2.45, 2.75) is 0 Å². The van der Waals surface area contributed by atoms with Crippen molar-refractivity contribution >= 4 is 29.0 Å². The van der Waals surface area contributed by atoms with Crippen molar-refractivity contribution in [3.8, 4) is 0 Å². The van der Waals surface area contributed by atoms with Crippen LogP contribution in [0.3, 0.4) is 0 Å². The molecule has 0 atom stereocenters. The van der Waals surface area contributed by atoms with Gasteiger partial charge in [0.15, 0.2) is 11.6 Å². The normalized spacial score (nSPS) is 20.3. The van der Waals surface area contributed by atoms with Gasteiger partial charge in [-0.3, -0.25) is 0 Å². The van der Waals surface area contributed by atoms with E-state index >= 15 is 0 Å². The molecule has 1 aromatic carbocycles. The molecule has 3 fully saturated rings. The molecule has 0 saturated carbocycles. The second-order valence-corrected chi connectivity index (χ2v) is 8.09. The zero-order valence-electron chi connectivity index (χ0n) is 17.9. The number of nitrogens with zero attached hydrogens (tertiary/aromatic N) is 6. The number of ether oxygens (including phenoxy) is 2. The Balaban J connectivity index is 1.41. The van der Waals surface area contributed by atoms with Crippen LogP contribution in [-0.4, -0.2) is 88.8 Å². The lowest BCUT2D eigenvalue weighted by Crippen LogP contribution is -2.47. The summed E-state index contributed by atoms with van der Waals surface area (Å²) in [6.45, 7) is 9.61. The first kappa shape index (κ1) is 20.1. The first-order chi connectivity index (χ1) is 15.3. The topological polar surface area (TPSA) is 83.2 Å². The smallest absolute Gasteiger partial charge is 0.229 e. The summed E-state index contributed by atoms with van der Waals surface area (Å²) in [5, 5.41) is 0. The third-order valence-electron chi connectivity index (χ3n) is 6.20. The maximum absolute atomic E-state index is 6.62. The van der Waals surface area contributed by atoms with Crippen molar-refractivity contribution in [2.75, 3.05) is 104 Å². The van der Waals surface area contributed by atoms with Crippen molar-refractivity contribution < 1.29 is 9.47 Å². The van der Waals surface area contributed by atoms with Gasteiger partial charge < -0.3 is 34.8 Å². The van der Waals surface area contributed by atoms with E-state index in [0.717, 1.165) is 69.9 Å². The quantitative estimate of drug-likeness (QED) is 0.773. The number of anilines is 5. The second kappa shape index (κ2) is 9.15. The maximum atomic E-state index is 6.62. The maximum Gasteiger partial charge on any atom is 0.229 e. The lowest BCUT2D eigenvalue weighted by molar-refractivity contribution is 0.122. The lowest BCUT2D eigenvalue weighted by atomic mass is 10.2. The van der Waals surface area contributed by atoms with Gasteiger partial charge in [-0.25, -0.2) is 0 Å². The molecule has 166 valence electrons. The van der Waals surface area contributed by atoms with Gasteiger partial charge in [0.05, 0.1) is 26.4 Å². The molecule has 3 aliphatic heterocycles. The Morgan fingerprint density at radius 2 is 1.10 bits per heavy atom. The number of nitrogens with two attached hydrogens (primary N) is 1. The standard InChI is InChI=1S/C22H31N7O2/c23-19-20(27-10-14-30-15-11-27)24-22(25-21(19)28-12-16-31-17-13-28)29-8-6-26(7-9-29)18-4-2-1-3-5-18/h1-5H,6-17,23H2. The van der Waals surface area contributed by atoms with E-state index in [1.165, 1.54) is 5.69 Å². The highest BCUT2D eigenvalue weighted by Crippen LogP contribution is 2.33. The van der Waals surface area contributed by atoms with Crippen LogP contribution in [-0.2, 0) is 9.47 Å². The fourth-order valence-corrected chi connectivity index (χ4v) is 4.41. The van der Waals surface area contributed by atoms with Gasteiger partial charge in [0.2, 0.25) is 5.95 Å². The minimum atomic E-state index is 0.662. The third-order valence-corrected chi connectivity index (χ3v) is 6.20. The van der Waals surface area contributed by atoms with E-state index in [9.17, 15) is 0 Å². The summed E-state index contributed by atoms with van der Waals surface area (Å²) in [5.41, 5.74) is 8.55. The SMILES string of the molecule is Nc1c(N2CCOCC2)nc(N2CCN(c3ccccc3)CC2)nc1N1CCOCC1. The van der Waals surface area contributed by atoms with Gasteiger partial charge in [0, 0.05) is 58.0 Å². The Hall–Kier alpha value is -2.78. The van der Waals surface area contributed by atoms with Gasteiger partial charge in [-0.2, -0.15) is 9.97 Å². The summed E-state index contributed by atoms with van der Waals surface area (Å²) < 4.78 is 11.1. The molecule has 3 aliphatic rings. The van der Waals surface area contributed by atoms with Crippen LogP contribution in [0.5, 0.6) is 0 Å². The third kappa shape index (κ3) is 4.33. The molecule has 0 unspecified atom stereocenters. The van der Waals surface area contributed by atoms with Gasteiger partial charge >= 0.3 is 0 Å². The monoisotopic (exact) mass is 425 g/mol. The van der Waals surface area contributed by atoms with Gasteiger partial charge in [-0.15, -0.1) is 0 Å². The molecule has 3 saturated heterocycles. The predicted octanol–water partition coefficient (Wildman–Crippen LogP) is 1.06. The number of hydrogen-bond acceptors (Lipinski definition) is 9. The van der Waals surface area contributed by atoms with Crippen LogP contribution in [0.25, 0.3) is 0 Å². The van der Waals surface area contributed by atoms with Crippen molar-refractivity contribution in [2.24, 2.45) is 0 Å². The molecule has 0 aliphatic carbocycles. The molecule has 2 aromatic rings. The van der Waals surface area contributed by atoms with Crippen molar-refractivity contribution in [1.29, 1.82) is 0 Å². The van der Waals surface area contributed by atoms with Gasteiger partial charge in [-0.1, -0.05) is 18.2 Å². The summed E-state index contributed by atoms with van der Waals surface area (Å²) >= 11 is 0. The zero-order chi connectivity index (χ0) is 21.0. The van der Waals surface area contributed by atoms with Gasteiger partial charge in [-0.05, 0) is 12.1 Å². The summed E-state index contributed by atoms with van der Waals surface area (Å²) in [7, 11) is 0. The summed E-state index contributed by atoms with van der Waals surface area (Å²) in [5.74, 6) is 2.44. The van der Waals surface area contributed by atoms with E-state index in [2.05, 4.69) is 49.9 Å². The Morgan fingerprint density at radius 1 is 0.613 bits per heavy atom. The first-order valence-corrected chi connectivity index (χ1v) is 11.2. The van der Waals surface area contributed by atoms with Crippen LogP contribution in [0.4, 0.5) is 29.0 Å². The highest BCUT2D eigenvalue weighted by molar-refractivity contribution is 5.78. The van der Waals surface area contributed by atoms with Crippen LogP contribution < -0.4 is 25.3 Å². The molecule has 0 amide bonds. The minimum absolute atomic E-state index is 0.662. The van der Waals surface area contributed by atoms with E-state index in [1.54, 1.807) is 0 Å². The highest BCUT2D eigenvalue weighted by Gasteiger charge is 2.27. The van der Waals surface area contributed by atoms with Crippen LogP contribution in [0, 0.1) is 0 Å². The Kier molecular flexibility index (Phi) is 5.95. The first-order valence-electron chi connectivity index (χ1n) is 11.2. The van der Waals surface area contributed by atoms with E-state index in [1.807, 2.05) is 0 Å². The average Bonchev–Trinajstić information content (AvgIpc) is 2.86.